The maximum atomic E-state index is 13.8. The molecule has 0 radical (unpaired) electrons. The Balaban J connectivity index is 1.45. The first kappa shape index (κ1) is 21.9. The Kier molecular flexibility index (Phi) is 5.96. The second-order valence-electron chi connectivity index (χ2n) is 7.96. The smallest absolute Gasteiger partial charge is 0.261 e. The molecule has 10 heteroatoms. The van der Waals surface area contributed by atoms with Crippen LogP contribution in [0.15, 0.2) is 53.7 Å². The number of nitrogens with zero attached hydrogens (tertiary/aromatic N) is 4. The molecule has 1 fully saturated rings. The van der Waals surface area contributed by atoms with Crippen LogP contribution < -0.4 is 4.72 Å². The highest BCUT2D eigenvalue weighted by Gasteiger charge is 2.27. The highest BCUT2D eigenvalue weighted by atomic mass is 32.2. The van der Waals surface area contributed by atoms with Crippen molar-refractivity contribution in [1.29, 1.82) is 0 Å². The summed E-state index contributed by atoms with van der Waals surface area (Å²) in [4.78, 5) is 14.6. The minimum atomic E-state index is -3.99. The summed E-state index contributed by atoms with van der Waals surface area (Å²) in [5, 5.41) is 8.09. The molecule has 1 saturated heterocycles. The molecule has 2 heterocycles. The van der Waals surface area contributed by atoms with Crippen molar-refractivity contribution < 1.29 is 17.6 Å². The third-order valence-electron chi connectivity index (χ3n) is 5.71. The van der Waals surface area contributed by atoms with Gasteiger partial charge in [0.15, 0.2) is 0 Å². The first-order valence-corrected chi connectivity index (χ1v) is 11.7. The van der Waals surface area contributed by atoms with Crippen LogP contribution in [0.1, 0.15) is 40.5 Å². The highest BCUT2D eigenvalue weighted by molar-refractivity contribution is 7.92. The molecule has 32 heavy (non-hydrogen) atoms. The van der Waals surface area contributed by atoms with Crippen molar-refractivity contribution in [3.8, 4) is 0 Å². The Hall–Kier alpha value is -3.27. The van der Waals surface area contributed by atoms with Gasteiger partial charge in [-0.25, -0.2) is 12.8 Å². The van der Waals surface area contributed by atoms with Crippen molar-refractivity contribution in [3.63, 3.8) is 0 Å². The van der Waals surface area contributed by atoms with E-state index in [-0.39, 0.29) is 22.4 Å². The van der Waals surface area contributed by atoms with Crippen molar-refractivity contribution in [3.05, 3.63) is 71.6 Å². The molecule has 0 bridgehead atoms. The van der Waals surface area contributed by atoms with Crippen molar-refractivity contribution in [2.45, 2.75) is 30.6 Å². The van der Waals surface area contributed by atoms with Crippen LogP contribution in [0.4, 0.5) is 10.1 Å². The fourth-order valence-electron chi connectivity index (χ4n) is 3.86. The molecule has 1 aromatic heterocycles. The number of carbonyl (C=O) groups is 1. The number of hydrogen-bond acceptors (Lipinski definition) is 5. The molecule has 3 aromatic rings. The van der Waals surface area contributed by atoms with Crippen molar-refractivity contribution in [2.75, 3.05) is 17.8 Å². The van der Waals surface area contributed by atoms with Gasteiger partial charge in [-0.05, 0) is 55.7 Å². The molecule has 1 aliphatic heterocycles. The van der Waals surface area contributed by atoms with Crippen LogP contribution in [0.25, 0.3) is 0 Å². The van der Waals surface area contributed by atoms with Gasteiger partial charge in [0, 0.05) is 37.3 Å². The second-order valence-corrected chi connectivity index (χ2v) is 9.65. The second kappa shape index (κ2) is 8.70. The zero-order valence-corrected chi connectivity index (χ0v) is 18.6. The van der Waals surface area contributed by atoms with Gasteiger partial charge in [-0.1, -0.05) is 12.1 Å². The molecule has 0 saturated carbocycles. The van der Waals surface area contributed by atoms with Crippen LogP contribution in [-0.4, -0.2) is 47.1 Å². The van der Waals surface area contributed by atoms with Gasteiger partial charge in [0.05, 0.1) is 4.90 Å². The Labute approximate surface area is 186 Å². The number of likely N-dealkylation sites (tertiary alicyclic amines) is 1. The lowest BCUT2D eigenvalue weighted by atomic mass is 9.95. The van der Waals surface area contributed by atoms with E-state index in [1.807, 2.05) is 11.6 Å². The summed E-state index contributed by atoms with van der Waals surface area (Å²) in [5.41, 5.74) is 0.989. The van der Waals surface area contributed by atoms with Crippen molar-refractivity contribution in [2.24, 2.45) is 7.05 Å². The number of aromatic nitrogens is 3. The first-order chi connectivity index (χ1) is 15.2. The number of benzene rings is 2. The number of carbonyl (C=O) groups excluding carboxylic acids is 1. The Morgan fingerprint density at radius 3 is 2.56 bits per heavy atom. The lowest BCUT2D eigenvalue weighted by molar-refractivity contribution is 0.0710. The number of aryl methyl sites for hydroxylation is 2. The third kappa shape index (κ3) is 4.50. The molecule has 1 N–H and O–H groups in total. The van der Waals surface area contributed by atoms with Crippen LogP contribution in [0, 0.1) is 12.7 Å². The largest absolute Gasteiger partial charge is 0.339 e. The van der Waals surface area contributed by atoms with E-state index in [0.29, 0.717) is 24.2 Å². The molecule has 0 unspecified atom stereocenters. The third-order valence-corrected chi connectivity index (χ3v) is 7.09. The molecule has 0 atom stereocenters. The summed E-state index contributed by atoms with van der Waals surface area (Å²) in [6.07, 6.45) is 3.23. The van der Waals surface area contributed by atoms with E-state index < -0.39 is 15.8 Å². The summed E-state index contributed by atoms with van der Waals surface area (Å²) in [7, 11) is -2.08. The van der Waals surface area contributed by atoms with Gasteiger partial charge in [-0.3, -0.25) is 9.52 Å². The minimum absolute atomic E-state index is 0.163. The van der Waals surface area contributed by atoms with Crippen molar-refractivity contribution >= 4 is 21.6 Å². The zero-order chi connectivity index (χ0) is 22.9. The first-order valence-electron chi connectivity index (χ1n) is 10.3. The average molecular weight is 458 g/mol. The van der Waals surface area contributed by atoms with Crippen LogP contribution in [0.3, 0.4) is 0 Å². The van der Waals surface area contributed by atoms with Crippen molar-refractivity contribution in [1.82, 2.24) is 19.7 Å². The van der Waals surface area contributed by atoms with E-state index in [9.17, 15) is 17.6 Å². The predicted octanol–water partition coefficient (Wildman–Crippen LogP) is 3.08. The monoisotopic (exact) mass is 457 g/mol. The number of piperidine rings is 1. The number of sulfonamides is 1. The molecule has 0 aliphatic carbocycles. The van der Waals surface area contributed by atoms with Gasteiger partial charge < -0.3 is 9.47 Å². The van der Waals surface area contributed by atoms with Gasteiger partial charge in [0.25, 0.3) is 15.9 Å². The molecule has 0 spiro atoms. The Morgan fingerprint density at radius 2 is 1.91 bits per heavy atom. The number of halogens is 1. The lowest BCUT2D eigenvalue weighted by Gasteiger charge is -2.31. The number of hydrogen-bond donors (Lipinski definition) is 1. The minimum Gasteiger partial charge on any atom is -0.339 e. The average Bonchev–Trinajstić information content (AvgIpc) is 3.21. The van der Waals surface area contributed by atoms with Gasteiger partial charge >= 0.3 is 0 Å². The summed E-state index contributed by atoms with van der Waals surface area (Å²) >= 11 is 0. The van der Waals surface area contributed by atoms with E-state index in [1.165, 1.54) is 18.2 Å². The van der Waals surface area contributed by atoms with Gasteiger partial charge in [0.1, 0.15) is 18.0 Å². The van der Waals surface area contributed by atoms with E-state index in [2.05, 4.69) is 14.9 Å². The molecule has 168 valence electrons. The maximum absolute atomic E-state index is 13.8. The summed E-state index contributed by atoms with van der Waals surface area (Å²) in [5.74, 6) is 0.408. The number of rotatable bonds is 5. The summed E-state index contributed by atoms with van der Waals surface area (Å²) in [6, 6.07) is 10.1. The van der Waals surface area contributed by atoms with E-state index >= 15 is 0 Å². The SMILES string of the molecule is Cc1ccc(S(=O)(=O)Nc2cccc(C(=O)N3CCC(c4nncn4C)CC3)c2)cc1F. The molecule has 8 nitrogen and oxygen atoms in total. The molecule has 1 aliphatic rings. The van der Waals surface area contributed by atoms with Crippen LogP contribution >= 0.6 is 0 Å². The number of anilines is 1. The molecular weight excluding hydrogens is 433 g/mol. The Bertz CT molecular complexity index is 1250. The van der Waals surface area contributed by atoms with Gasteiger partial charge in [-0.15, -0.1) is 10.2 Å². The standard InChI is InChI=1S/C22H24FN5O3S/c1-15-6-7-19(13-20(15)23)32(30,31)26-18-5-3-4-17(12-18)22(29)28-10-8-16(9-11-28)21-25-24-14-27(21)2/h3-7,12-14,16,26H,8-11H2,1-2H3. The molecule has 4 rings (SSSR count). The topological polar surface area (TPSA) is 97.2 Å². The maximum Gasteiger partial charge on any atom is 0.261 e. The summed E-state index contributed by atoms with van der Waals surface area (Å²) in [6.45, 7) is 2.72. The normalized spacial score (nSPS) is 15.0. The quantitative estimate of drug-likeness (QED) is 0.635. The predicted molar refractivity (Wildman–Crippen MR) is 117 cm³/mol. The molecule has 2 aromatic carbocycles. The number of nitrogens with one attached hydrogen (secondary N) is 1. The molecule has 1 amide bonds. The lowest BCUT2D eigenvalue weighted by Crippen LogP contribution is -2.38. The zero-order valence-electron chi connectivity index (χ0n) is 17.8. The highest BCUT2D eigenvalue weighted by Crippen LogP contribution is 2.27. The Morgan fingerprint density at radius 1 is 1.16 bits per heavy atom. The summed E-state index contributed by atoms with van der Waals surface area (Å²) < 4.78 is 43.4. The van der Waals surface area contributed by atoms with E-state index in [4.69, 9.17) is 0 Å². The van der Waals surface area contributed by atoms with Gasteiger partial charge in [-0.2, -0.15) is 0 Å². The van der Waals surface area contributed by atoms with Crippen LogP contribution in [0.2, 0.25) is 0 Å². The van der Waals surface area contributed by atoms with Gasteiger partial charge in [0.2, 0.25) is 0 Å². The fourth-order valence-corrected chi connectivity index (χ4v) is 4.92. The van der Waals surface area contributed by atoms with E-state index in [0.717, 1.165) is 24.7 Å². The fraction of sp³-hybridized carbons (Fsp3) is 0.318. The van der Waals surface area contributed by atoms with Crippen LogP contribution in [-0.2, 0) is 17.1 Å². The van der Waals surface area contributed by atoms with Crippen LogP contribution in [0.5, 0.6) is 0 Å². The molecular formula is C22H24FN5O3S. The number of amides is 1. The van der Waals surface area contributed by atoms with E-state index in [1.54, 1.807) is 36.4 Å².